The first-order valence-corrected chi connectivity index (χ1v) is 18.6. The van der Waals surface area contributed by atoms with Gasteiger partial charge in [-0.15, -0.1) is 11.3 Å². The second-order valence-electron chi connectivity index (χ2n) is 13.2. The standard InChI is InChI=1S/C49H31N3S/c1-4-14-32(15-5-1)35-20-12-21-36(28-35)44-31-38(30-43(50-44)33-16-6-2-7-17-33)39-23-13-25-46-47(39)41-29-37(26-27-45(41)53-46)48-40-22-10-11-24-42(40)51-49(52-48)34-18-8-3-9-19-34/h1-31H. The number of thiophene rings is 1. The first kappa shape index (κ1) is 31.0. The minimum Gasteiger partial charge on any atom is -0.248 e. The molecule has 0 spiro atoms. The molecule has 0 saturated heterocycles. The quantitative estimate of drug-likeness (QED) is 0.174. The second-order valence-corrected chi connectivity index (χ2v) is 14.3. The molecule has 0 amide bonds. The fraction of sp³-hybridized carbons (Fsp3) is 0. The Morgan fingerprint density at radius 3 is 1.77 bits per heavy atom. The maximum absolute atomic E-state index is 5.27. The zero-order chi connectivity index (χ0) is 35.1. The first-order valence-electron chi connectivity index (χ1n) is 17.8. The average Bonchev–Trinajstić information content (AvgIpc) is 3.62. The normalized spacial score (nSPS) is 11.4. The average molecular weight is 694 g/mol. The van der Waals surface area contributed by atoms with Crippen molar-refractivity contribution in [2.45, 2.75) is 0 Å². The van der Waals surface area contributed by atoms with Crippen LogP contribution in [0.3, 0.4) is 0 Å². The van der Waals surface area contributed by atoms with Gasteiger partial charge < -0.3 is 0 Å². The molecule has 10 rings (SSSR count). The predicted molar refractivity (Wildman–Crippen MR) is 223 cm³/mol. The van der Waals surface area contributed by atoms with Gasteiger partial charge in [0, 0.05) is 47.8 Å². The SMILES string of the molecule is c1ccc(-c2cccc(-c3cc(-c4cccc5sc6ccc(-c7nc(-c8ccccc8)nc8ccccc78)cc6c45)cc(-c4ccccc4)n3)c2)cc1. The number of aromatic nitrogens is 3. The Kier molecular flexibility index (Phi) is 7.67. The van der Waals surface area contributed by atoms with Gasteiger partial charge in [-0.1, -0.05) is 146 Å². The lowest BCUT2D eigenvalue weighted by atomic mass is 9.95. The van der Waals surface area contributed by atoms with Crippen molar-refractivity contribution in [2.24, 2.45) is 0 Å². The summed E-state index contributed by atoms with van der Waals surface area (Å²) in [6.45, 7) is 0. The van der Waals surface area contributed by atoms with E-state index in [1.54, 1.807) is 0 Å². The Bertz CT molecular complexity index is 2940. The van der Waals surface area contributed by atoms with E-state index in [2.05, 4.69) is 164 Å². The van der Waals surface area contributed by atoms with Crippen LogP contribution in [0.1, 0.15) is 0 Å². The fourth-order valence-corrected chi connectivity index (χ4v) is 8.42. The van der Waals surface area contributed by atoms with Gasteiger partial charge in [0.1, 0.15) is 0 Å². The molecule has 0 aliphatic heterocycles. The molecule has 10 aromatic rings. The predicted octanol–water partition coefficient (Wildman–Crippen LogP) is 13.4. The lowest BCUT2D eigenvalue weighted by Gasteiger charge is -2.13. The molecule has 0 aliphatic rings. The monoisotopic (exact) mass is 693 g/mol. The third-order valence-corrected chi connectivity index (χ3v) is 11.0. The molecule has 7 aromatic carbocycles. The summed E-state index contributed by atoms with van der Waals surface area (Å²) in [5.74, 6) is 0.726. The highest BCUT2D eigenvalue weighted by molar-refractivity contribution is 7.26. The van der Waals surface area contributed by atoms with E-state index in [0.29, 0.717) is 0 Å². The van der Waals surface area contributed by atoms with E-state index in [1.807, 2.05) is 35.6 Å². The highest BCUT2D eigenvalue weighted by Crippen LogP contribution is 2.43. The maximum atomic E-state index is 5.27. The zero-order valence-electron chi connectivity index (χ0n) is 28.6. The first-order chi connectivity index (χ1) is 26.2. The van der Waals surface area contributed by atoms with Gasteiger partial charge in [0.2, 0.25) is 0 Å². The number of hydrogen-bond donors (Lipinski definition) is 0. The van der Waals surface area contributed by atoms with E-state index in [-0.39, 0.29) is 0 Å². The van der Waals surface area contributed by atoms with Gasteiger partial charge in [0.15, 0.2) is 5.82 Å². The van der Waals surface area contributed by atoms with Gasteiger partial charge in [0.05, 0.1) is 22.6 Å². The van der Waals surface area contributed by atoms with Crippen molar-refractivity contribution in [3.63, 3.8) is 0 Å². The summed E-state index contributed by atoms with van der Waals surface area (Å²) in [7, 11) is 0. The molecule has 0 aliphatic carbocycles. The van der Waals surface area contributed by atoms with Gasteiger partial charge in [-0.2, -0.15) is 0 Å². The van der Waals surface area contributed by atoms with Crippen LogP contribution >= 0.6 is 11.3 Å². The number of rotatable bonds is 6. The third-order valence-electron chi connectivity index (χ3n) is 9.88. The molecule has 3 aromatic heterocycles. The van der Waals surface area contributed by atoms with Crippen molar-refractivity contribution >= 4 is 42.4 Å². The van der Waals surface area contributed by atoms with Crippen LogP contribution in [-0.2, 0) is 0 Å². The van der Waals surface area contributed by atoms with Crippen LogP contribution in [0.5, 0.6) is 0 Å². The minimum absolute atomic E-state index is 0.726. The summed E-state index contributed by atoms with van der Waals surface area (Å²) in [6, 6.07) is 66.2. The molecule has 0 saturated carbocycles. The Morgan fingerprint density at radius 2 is 0.981 bits per heavy atom. The zero-order valence-corrected chi connectivity index (χ0v) is 29.5. The van der Waals surface area contributed by atoms with Crippen LogP contribution in [0.4, 0.5) is 0 Å². The van der Waals surface area contributed by atoms with Crippen LogP contribution in [-0.4, -0.2) is 15.0 Å². The van der Waals surface area contributed by atoms with Crippen molar-refractivity contribution in [3.05, 3.63) is 188 Å². The summed E-state index contributed by atoms with van der Waals surface area (Å²) < 4.78 is 2.49. The van der Waals surface area contributed by atoms with Crippen LogP contribution in [0.25, 0.3) is 98.5 Å². The molecular weight excluding hydrogens is 663 g/mol. The molecule has 0 radical (unpaired) electrons. The summed E-state index contributed by atoms with van der Waals surface area (Å²) in [4.78, 5) is 15.4. The Hall–Kier alpha value is -6.75. The topological polar surface area (TPSA) is 38.7 Å². The van der Waals surface area contributed by atoms with Gasteiger partial charge in [-0.05, 0) is 64.7 Å². The third kappa shape index (κ3) is 5.76. The van der Waals surface area contributed by atoms with E-state index < -0.39 is 0 Å². The molecule has 4 heteroatoms. The molecule has 0 atom stereocenters. The molecule has 0 unspecified atom stereocenters. The van der Waals surface area contributed by atoms with E-state index in [1.165, 1.54) is 36.9 Å². The molecule has 3 heterocycles. The van der Waals surface area contributed by atoms with Gasteiger partial charge in [-0.25, -0.2) is 15.0 Å². The Balaban J connectivity index is 1.18. The van der Waals surface area contributed by atoms with Crippen molar-refractivity contribution in [3.8, 4) is 67.4 Å². The molecule has 3 nitrogen and oxygen atoms in total. The molecular formula is C49H31N3S. The Labute approximate surface area is 311 Å². The molecule has 0 N–H and O–H groups in total. The fourth-order valence-electron chi connectivity index (χ4n) is 7.31. The maximum Gasteiger partial charge on any atom is 0.160 e. The van der Waals surface area contributed by atoms with Crippen molar-refractivity contribution in [1.82, 2.24) is 15.0 Å². The summed E-state index contributed by atoms with van der Waals surface area (Å²) >= 11 is 1.83. The van der Waals surface area contributed by atoms with Crippen molar-refractivity contribution in [1.29, 1.82) is 0 Å². The smallest absolute Gasteiger partial charge is 0.160 e. The Morgan fingerprint density at radius 1 is 0.340 bits per heavy atom. The summed E-state index contributed by atoms with van der Waals surface area (Å²) in [5.41, 5.74) is 12.7. The number of fused-ring (bicyclic) bond motifs is 4. The molecule has 0 fully saturated rings. The highest BCUT2D eigenvalue weighted by atomic mass is 32.1. The molecule has 53 heavy (non-hydrogen) atoms. The number of benzene rings is 7. The largest absolute Gasteiger partial charge is 0.248 e. The number of pyridine rings is 1. The van der Waals surface area contributed by atoms with Gasteiger partial charge in [-0.3, -0.25) is 0 Å². The van der Waals surface area contributed by atoms with Gasteiger partial charge >= 0.3 is 0 Å². The van der Waals surface area contributed by atoms with E-state index in [4.69, 9.17) is 15.0 Å². The number of nitrogens with zero attached hydrogens (tertiary/aromatic N) is 3. The van der Waals surface area contributed by atoms with Crippen LogP contribution in [0, 0.1) is 0 Å². The lowest BCUT2D eigenvalue weighted by molar-refractivity contribution is 1.23. The highest BCUT2D eigenvalue weighted by Gasteiger charge is 2.17. The lowest BCUT2D eigenvalue weighted by Crippen LogP contribution is -1.95. The van der Waals surface area contributed by atoms with Crippen LogP contribution in [0.15, 0.2) is 188 Å². The summed E-state index contributed by atoms with van der Waals surface area (Å²) in [6.07, 6.45) is 0. The van der Waals surface area contributed by atoms with E-state index in [9.17, 15) is 0 Å². The van der Waals surface area contributed by atoms with Crippen molar-refractivity contribution < 1.29 is 0 Å². The number of hydrogen-bond acceptors (Lipinski definition) is 4. The van der Waals surface area contributed by atoms with E-state index >= 15 is 0 Å². The number of para-hydroxylation sites is 1. The molecule has 248 valence electrons. The van der Waals surface area contributed by atoms with Crippen LogP contribution in [0.2, 0.25) is 0 Å². The molecule has 0 bridgehead atoms. The van der Waals surface area contributed by atoms with E-state index in [0.717, 1.165) is 61.6 Å². The summed E-state index contributed by atoms with van der Waals surface area (Å²) in [5, 5.41) is 3.49. The van der Waals surface area contributed by atoms with Gasteiger partial charge in [0.25, 0.3) is 0 Å². The minimum atomic E-state index is 0.726. The van der Waals surface area contributed by atoms with Crippen LogP contribution < -0.4 is 0 Å². The second kappa shape index (κ2) is 13.1. The van der Waals surface area contributed by atoms with Crippen molar-refractivity contribution in [2.75, 3.05) is 0 Å².